The molecule has 2 N–H and O–H groups in total. The Kier molecular flexibility index (Phi) is 2.44. The number of hydrogen-bond donors (Lipinski definition) is 1. The maximum absolute atomic E-state index is 6.05. The third-order valence-electron chi connectivity index (χ3n) is 3.44. The van der Waals surface area contributed by atoms with Gasteiger partial charge in [0.15, 0.2) is 0 Å². The van der Waals surface area contributed by atoms with Crippen LogP contribution in [-0.4, -0.2) is 13.2 Å². The van der Waals surface area contributed by atoms with E-state index in [0.717, 1.165) is 16.3 Å². The van der Waals surface area contributed by atoms with Gasteiger partial charge in [-0.3, -0.25) is 0 Å². The Labute approximate surface area is 95.4 Å². The molecule has 1 saturated carbocycles. The van der Waals surface area contributed by atoms with Crippen LogP contribution in [-0.2, 0) is 0 Å². The first kappa shape index (κ1) is 10.8. The van der Waals surface area contributed by atoms with E-state index in [0.29, 0.717) is 5.92 Å². The van der Waals surface area contributed by atoms with Gasteiger partial charge < -0.3 is 10.5 Å². The molecule has 0 heterocycles. The molecule has 1 aromatic rings. The number of halogens is 1. The molecule has 0 saturated heterocycles. The van der Waals surface area contributed by atoms with Gasteiger partial charge in [-0.2, -0.15) is 0 Å². The molecule has 3 heteroatoms. The Balaban J connectivity index is 2.40. The van der Waals surface area contributed by atoms with Crippen molar-refractivity contribution in [3.8, 4) is 5.75 Å². The van der Waals surface area contributed by atoms with E-state index in [1.54, 1.807) is 7.11 Å². The summed E-state index contributed by atoms with van der Waals surface area (Å²) in [6.07, 6.45) is 0. The molecule has 2 atom stereocenters. The lowest BCUT2D eigenvalue weighted by atomic mass is 10.0. The van der Waals surface area contributed by atoms with Crippen LogP contribution in [0.3, 0.4) is 0 Å². The number of nitrogens with two attached hydrogens (primary N) is 1. The number of hydrogen-bond acceptors (Lipinski definition) is 2. The first-order valence-electron chi connectivity index (χ1n) is 5.07. The van der Waals surface area contributed by atoms with Gasteiger partial charge in [0.1, 0.15) is 5.75 Å². The Hall–Kier alpha value is -0.730. The van der Waals surface area contributed by atoms with Gasteiger partial charge in [-0.05, 0) is 23.6 Å². The minimum atomic E-state index is 0.151. The van der Waals surface area contributed by atoms with Crippen molar-refractivity contribution in [1.29, 1.82) is 0 Å². The molecule has 0 bridgehead atoms. The fourth-order valence-electron chi connectivity index (χ4n) is 2.22. The van der Waals surface area contributed by atoms with Gasteiger partial charge in [-0.15, -0.1) is 0 Å². The van der Waals surface area contributed by atoms with E-state index >= 15 is 0 Å². The molecule has 0 radical (unpaired) electrons. The van der Waals surface area contributed by atoms with Crippen LogP contribution in [0.25, 0.3) is 0 Å². The summed E-state index contributed by atoms with van der Waals surface area (Å²) in [7, 11) is 1.67. The summed E-state index contributed by atoms with van der Waals surface area (Å²) in [5.74, 6) is 1.23. The molecule has 1 aliphatic carbocycles. The summed E-state index contributed by atoms with van der Waals surface area (Å²) in [5.41, 5.74) is 7.33. The molecule has 0 aromatic heterocycles. The average Bonchev–Trinajstić information content (AvgIpc) is 2.66. The third-order valence-corrected chi connectivity index (χ3v) is 3.67. The van der Waals surface area contributed by atoms with E-state index in [9.17, 15) is 0 Å². The molecule has 0 unspecified atom stereocenters. The minimum absolute atomic E-state index is 0.151. The fraction of sp³-hybridized carbons (Fsp3) is 0.500. The number of rotatable bonds is 2. The van der Waals surface area contributed by atoms with Gasteiger partial charge in [-0.25, -0.2) is 0 Å². The van der Waals surface area contributed by atoms with Gasteiger partial charge in [0, 0.05) is 22.5 Å². The van der Waals surface area contributed by atoms with E-state index in [1.165, 1.54) is 0 Å². The van der Waals surface area contributed by atoms with E-state index < -0.39 is 0 Å². The van der Waals surface area contributed by atoms with Crippen molar-refractivity contribution in [2.45, 2.75) is 25.8 Å². The Bertz CT molecular complexity index is 389. The maximum atomic E-state index is 6.05. The summed E-state index contributed by atoms with van der Waals surface area (Å²) in [6.45, 7) is 4.34. The summed E-state index contributed by atoms with van der Waals surface area (Å²) in [6, 6.07) is 5.90. The Morgan fingerprint density at radius 3 is 2.47 bits per heavy atom. The van der Waals surface area contributed by atoms with Crippen LogP contribution in [0.5, 0.6) is 5.75 Å². The van der Waals surface area contributed by atoms with Crippen LogP contribution in [0.1, 0.15) is 25.3 Å². The largest absolute Gasteiger partial charge is 0.496 e. The van der Waals surface area contributed by atoms with Crippen molar-refractivity contribution in [2.24, 2.45) is 11.1 Å². The van der Waals surface area contributed by atoms with Crippen molar-refractivity contribution in [1.82, 2.24) is 0 Å². The highest BCUT2D eigenvalue weighted by molar-refractivity contribution is 6.30. The molecule has 2 rings (SSSR count). The predicted octanol–water partition coefficient (Wildman–Crippen LogP) is 2.80. The van der Waals surface area contributed by atoms with Crippen LogP contribution in [0.2, 0.25) is 5.02 Å². The van der Waals surface area contributed by atoms with Gasteiger partial charge in [0.2, 0.25) is 0 Å². The second kappa shape index (κ2) is 3.39. The quantitative estimate of drug-likeness (QED) is 0.840. The second-order valence-corrected chi connectivity index (χ2v) is 5.15. The van der Waals surface area contributed by atoms with E-state index in [-0.39, 0.29) is 11.5 Å². The SMILES string of the molecule is COc1ccc(Cl)cc1[C@@H]1[C@@H](N)C1(C)C. The minimum Gasteiger partial charge on any atom is -0.496 e. The summed E-state index contributed by atoms with van der Waals surface area (Å²) >= 11 is 5.99. The van der Waals surface area contributed by atoms with E-state index in [4.69, 9.17) is 22.1 Å². The number of benzene rings is 1. The van der Waals surface area contributed by atoms with Crippen molar-refractivity contribution >= 4 is 11.6 Å². The molecule has 1 aliphatic rings. The first-order chi connectivity index (χ1) is 6.98. The van der Waals surface area contributed by atoms with Crippen LogP contribution >= 0.6 is 11.6 Å². The molecule has 82 valence electrons. The van der Waals surface area contributed by atoms with Gasteiger partial charge in [0.25, 0.3) is 0 Å². The molecule has 1 fully saturated rings. The summed E-state index contributed by atoms with van der Waals surface area (Å²) in [4.78, 5) is 0. The molecule has 15 heavy (non-hydrogen) atoms. The van der Waals surface area contributed by atoms with E-state index in [1.807, 2.05) is 18.2 Å². The topological polar surface area (TPSA) is 35.2 Å². The molecular formula is C12H16ClNO. The maximum Gasteiger partial charge on any atom is 0.122 e. The lowest BCUT2D eigenvalue weighted by Crippen LogP contribution is -2.06. The van der Waals surface area contributed by atoms with Gasteiger partial charge in [0.05, 0.1) is 7.11 Å². The van der Waals surface area contributed by atoms with Crippen LogP contribution < -0.4 is 10.5 Å². The lowest BCUT2D eigenvalue weighted by molar-refractivity contribution is 0.407. The zero-order chi connectivity index (χ0) is 11.2. The second-order valence-electron chi connectivity index (χ2n) is 4.71. The summed E-state index contributed by atoms with van der Waals surface area (Å²) < 4.78 is 5.33. The number of methoxy groups -OCH3 is 1. The molecule has 0 aliphatic heterocycles. The Morgan fingerprint density at radius 2 is 2.00 bits per heavy atom. The van der Waals surface area contributed by atoms with Crippen LogP contribution in [0.4, 0.5) is 0 Å². The molecule has 0 spiro atoms. The fourth-order valence-corrected chi connectivity index (χ4v) is 2.40. The third kappa shape index (κ3) is 1.62. The molecule has 2 nitrogen and oxygen atoms in total. The molecule has 0 amide bonds. The smallest absolute Gasteiger partial charge is 0.122 e. The average molecular weight is 226 g/mol. The molecule has 1 aromatic carbocycles. The number of ether oxygens (including phenoxy) is 1. The monoisotopic (exact) mass is 225 g/mol. The first-order valence-corrected chi connectivity index (χ1v) is 5.45. The highest BCUT2D eigenvalue weighted by Crippen LogP contribution is 2.59. The van der Waals surface area contributed by atoms with Crippen LogP contribution in [0.15, 0.2) is 18.2 Å². The van der Waals surface area contributed by atoms with Crippen molar-refractivity contribution in [3.63, 3.8) is 0 Å². The Morgan fingerprint density at radius 1 is 1.40 bits per heavy atom. The highest BCUT2D eigenvalue weighted by atomic mass is 35.5. The van der Waals surface area contributed by atoms with Crippen molar-refractivity contribution in [3.05, 3.63) is 28.8 Å². The van der Waals surface area contributed by atoms with Crippen LogP contribution in [0, 0.1) is 5.41 Å². The van der Waals surface area contributed by atoms with Gasteiger partial charge >= 0.3 is 0 Å². The van der Waals surface area contributed by atoms with Crippen molar-refractivity contribution in [2.75, 3.05) is 7.11 Å². The van der Waals surface area contributed by atoms with Gasteiger partial charge in [-0.1, -0.05) is 25.4 Å². The van der Waals surface area contributed by atoms with E-state index in [2.05, 4.69) is 13.8 Å². The molecular weight excluding hydrogens is 210 g/mol. The normalized spacial score (nSPS) is 27.5. The zero-order valence-electron chi connectivity index (χ0n) is 9.25. The summed E-state index contributed by atoms with van der Waals surface area (Å²) in [5, 5.41) is 0.737. The standard InChI is InChI=1S/C12H16ClNO/c1-12(2)10(11(12)14)8-6-7(13)4-5-9(8)15-3/h4-6,10-11H,14H2,1-3H3/t10-,11-/m1/s1. The predicted molar refractivity (Wildman–Crippen MR) is 62.5 cm³/mol. The highest BCUT2D eigenvalue weighted by Gasteiger charge is 2.57. The zero-order valence-corrected chi connectivity index (χ0v) is 10.0. The lowest BCUT2D eigenvalue weighted by Gasteiger charge is -2.09. The van der Waals surface area contributed by atoms with Crippen molar-refractivity contribution < 1.29 is 4.74 Å².